The topological polar surface area (TPSA) is 12.5 Å². The number of hydrogen-bond acceptors (Lipinski definition) is 2. The van der Waals surface area contributed by atoms with Crippen molar-refractivity contribution in [2.24, 2.45) is 0 Å². The van der Waals surface area contributed by atoms with Gasteiger partial charge in [0.15, 0.2) is 7.98 Å². The van der Waals surface area contributed by atoms with E-state index in [0.29, 0.717) is 12.6 Å². The lowest BCUT2D eigenvalue weighted by Gasteiger charge is -2.16. The van der Waals surface area contributed by atoms with Crippen molar-refractivity contribution in [1.29, 1.82) is 0 Å². The van der Waals surface area contributed by atoms with Gasteiger partial charge in [-0.1, -0.05) is 11.8 Å². The summed E-state index contributed by atoms with van der Waals surface area (Å²) in [4.78, 5) is 1.89. The molecule has 1 rings (SSSR count). The third kappa shape index (κ3) is 2.88. The number of hydrogen-bond donors (Lipinski definition) is 0. The first-order chi connectivity index (χ1) is 5.84. The van der Waals surface area contributed by atoms with Crippen LogP contribution in [0.4, 0.5) is 0 Å². The van der Waals surface area contributed by atoms with Crippen LogP contribution in [-0.2, 0) is 4.74 Å². The molecule has 1 unspecified atom stereocenters. The van der Waals surface area contributed by atoms with Crippen LogP contribution in [0.25, 0.3) is 0 Å². The number of methoxy groups -OCH3 is 1. The van der Waals surface area contributed by atoms with Crippen molar-refractivity contribution in [3.05, 3.63) is 0 Å². The van der Waals surface area contributed by atoms with Gasteiger partial charge < -0.3 is 9.55 Å². The van der Waals surface area contributed by atoms with E-state index in [1.807, 2.05) is 4.81 Å². The van der Waals surface area contributed by atoms with Gasteiger partial charge in [0.25, 0.3) is 0 Å². The van der Waals surface area contributed by atoms with Crippen molar-refractivity contribution in [2.45, 2.75) is 25.3 Å². The minimum absolute atomic E-state index is 0.467. The number of nitrogens with zero attached hydrogens (tertiary/aromatic N) is 1. The van der Waals surface area contributed by atoms with E-state index in [-0.39, 0.29) is 0 Å². The quantitative estimate of drug-likeness (QED) is 0.436. The minimum Gasteiger partial charge on any atom is -0.372 e. The summed E-state index contributed by atoms with van der Waals surface area (Å²) in [5.74, 6) is 5.99. The van der Waals surface area contributed by atoms with Gasteiger partial charge in [-0.25, -0.2) is 0 Å². The monoisotopic (exact) mass is 163 g/mol. The van der Waals surface area contributed by atoms with E-state index in [2.05, 4.69) is 11.8 Å². The molecule has 1 saturated heterocycles. The van der Waals surface area contributed by atoms with E-state index in [9.17, 15) is 0 Å². The molecular weight excluding hydrogens is 149 g/mol. The molecular formula is C9H14BNO. The second kappa shape index (κ2) is 5.24. The van der Waals surface area contributed by atoms with Gasteiger partial charge in [0.2, 0.25) is 0 Å². The SMILES string of the molecule is [B]N1CCCC1CC#CCOC. The van der Waals surface area contributed by atoms with E-state index >= 15 is 0 Å². The summed E-state index contributed by atoms with van der Waals surface area (Å²) in [6.45, 7) is 1.54. The molecule has 0 aliphatic carbocycles. The molecule has 0 aromatic carbocycles. The van der Waals surface area contributed by atoms with Crippen molar-refractivity contribution in [3.8, 4) is 11.8 Å². The van der Waals surface area contributed by atoms with Crippen LogP contribution in [-0.4, -0.2) is 39.1 Å². The maximum Gasteiger partial charge on any atom is 0.182 e. The van der Waals surface area contributed by atoms with Crippen LogP contribution in [0.15, 0.2) is 0 Å². The standard InChI is InChI=1S/C9H14BNO/c1-12-8-3-2-5-9-6-4-7-11(9)10/h9H,4-8H2,1H3. The molecule has 2 nitrogen and oxygen atoms in total. The largest absolute Gasteiger partial charge is 0.372 e. The fraction of sp³-hybridized carbons (Fsp3) is 0.778. The molecule has 64 valence electrons. The predicted octanol–water partition coefficient (Wildman–Crippen LogP) is 0.574. The summed E-state index contributed by atoms with van der Waals surface area (Å²) in [6.07, 6.45) is 3.26. The van der Waals surface area contributed by atoms with E-state index < -0.39 is 0 Å². The molecule has 12 heavy (non-hydrogen) atoms. The van der Waals surface area contributed by atoms with Crippen molar-refractivity contribution in [3.63, 3.8) is 0 Å². The Kier molecular flexibility index (Phi) is 4.20. The summed E-state index contributed by atoms with van der Waals surface area (Å²) < 4.78 is 4.81. The molecule has 1 aliphatic rings. The van der Waals surface area contributed by atoms with Crippen LogP contribution in [0.3, 0.4) is 0 Å². The Labute approximate surface area is 75.7 Å². The van der Waals surface area contributed by atoms with E-state index in [1.165, 1.54) is 12.8 Å². The van der Waals surface area contributed by atoms with Gasteiger partial charge in [0.05, 0.1) is 0 Å². The molecule has 0 aromatic heterocycles. The summed E-state index contributed by atoms with van der Waals surface area (Å²) in [5, 5.41) is 0. The predicted molar refractivity (Wildman–Crippen MR) is 49.8 cm³/mol. The van der Waals surface area contributed by atoms with Crippen molar-refractivity contribution >= 4 is 7.98 Å². The number of rotatable bonds is 2. The molecule has 1 fully saturated rings. The van der Waals surface area contributed by atoms with Gasteiger partial charge in [-0.2, -0.15) is 0 Å². The Balaban J connectivity index is 2.19. The van der Waals surface area contributed by atoms with Gasteiger partial charge in [-0.15, -0.1) is 0 Å². The Hall–Kier alpha value is -0.455. The van der Waals surface area contributed by atoms with Gasteiger partial charge in [-0.3, -0.25) is 0 Å². The van der Waals surface area contributed by atoms with Gasteiger partial charge >= 0.3 is 0 Å². The zero-order valence-corrected chi connectivity index (χ0v) is 7.55. The highest BCUT2D eigenvalue weighted by Crippen LogP contribution is 2.16. The van der Waals surface area contributed by atoms with Crippen molar-refractivity contribution in [1.82, 2.24) is 4.81 Å². The summed E-state index contributed by atoms with van der Waals surface area (Å²) >= 11 is 0. The van der Waals surface area contributed by atoms with Crippen LogP contribution in [0.1, 0.15) is 19.3 Å². The average Bonchev–Trinajstić information content (AvgIpc) is 2.46. The zero-order valence-electron chi connectivity index (χ0n) is 7.55. The zero-order chi connectivity index (χ0) is 8.81. The molecule has 0 N–H and O–H groups in total. The summed E-state index contributed by atoms with van der Waals surface area (Å²) in [5.41, 5.74) is 0. The van der Waals surface area contributed by atoms with Crippen LogP contribution >= 0.6 is 0 Å². The van der Waals surface area contributed by atoms with Gasteiger partial charge in [0.1, 0.15) is 6.61 Å². The maximum atomic E-state index is 5.73. The first-order valence-corrected chi connectivity index (χ1v) is 4.30. The fourth-order valence-corrected chi connectivity index (χ4v) is 1.39. The van der Waals surface area contributed by atoms with Gasteiger partial charge in [0, 0.05) is 19.6 Å². The average molecular weight is 163 g/mol. The van der Waals surface area contributed by atoms with Crippen molar-refractivity contribution in [2.75, 3.05) is 20.3 Å². The second-order valence-electron chi connectivity index (χ2n) is 3.02. The van der Waals surface area contributed by atoms with E-state index in [0.717, 1.165) is 13.0 Å². The number of ether oxygens (including phenoxy) is 1. The highest BCUT2D eigenvalue weighted by molar-refractivity contribution is 6.04. The Morgan fingerprint density at radius 2 is 2.42 bits per heavy atom. The third-order valence-electron chi connectivity index (χ3n) is 2.10. The molecule has 0 amide bonds. The van der Waals surface area contributed by atoms with E-state index in [1.54, 1.807) is 7.11 Å². The molecule has 0 bridgehead atoms. The molecule has 1 aliphatic heterocycles. The van der Waals surface area contributed by atoms with E-state index in [4.69, 9.17) is 12.7 Å². The maximum absolute atomic E-state index is 5.73. The highest BCUT2D eigenvalue weighted by atomic mass is 16.5. The first kappa shape index (κ1) is 9.63. The molecule has 0 spiro atoms. The molecule has 0 saturated carbocycles. The first-order valence-electron chi connectivity index (χ1n) is 4.30. The lowest BCUT2D eigenvalue weighted by molar-refractivity contribution is 0.239. The fourth-order valence-electron chi connectivity index (χ4n) is 1.39. The molecule has 3 heteroatoms. The van der Waals surface area contributed by atoms with Crippen LogP contribution in [0.5, 0.6) is 0 Å². The summed E-state index contributed by atoms with van der Waals surface area (Å²) in [7, 11) is 7.38. The highest BCUT2D eigenvalue weighted by Gasteiger charge is 2.18. The Morgan fingerprint density at radius 1 is 1.58 bits per heavy atom. The van der Waals surface area contributed by atoms with Gasteiger partial charge in [-0.05, 0) is 19.4 Å². The molecule has 0 aromatic rings. The van der Waals surface area contributed by atoms with Crippen LogP contribution in [0, 0.1) is 11.8 Å². The Bertz CT molecular complexity index is 185. The third-order valence-corrected chi connectivity index (χ3v) is 2.10. The molecule has 1 heterocycles. The van der Waals surface area contributed by atoms with Crippen molar-refractivity contribution < 1.29 is 4.74 Å². The molecule has 1 atom stereocenters. The lowest BCUT2D eigenvalue weighted by atomic mass is 10.1. The second-order valence-corrected chi connectivity index (χ2v) is 3.02. The summed E-state index contributed by atoms with van der Waals surface area (Å²) in [6, 6.07) is 0.467. The molecule has 2 radical (unpaired) electrons. The smallest absolute Gasteiger partial charge is 0.182 e. The minimum atomic E-state index is 0.467. The van der Waals surface area contributed by atoms with Crippen LogP contribution in [0.2, 0.25) is 0 Å². The normalized spacial score (nSPS) is 23.6. The Morgan fingerprint density at radius 3 is 3.00 bits per heavy atom. The lowest BCUT2D eigenvalue weighted by Crippen LogP contribution is -2.25. The van der Waals surface area contributed by atoms with Crippen LogP contribution < -0.4 is 0 Å².